The number of nitrogens with zero attached hydrogens (tertiary/aromatic N) is 1. The fraction of sp³-hybridized carbons (Fsp3) is 0.143. The molecule has 1 N–H and O–H groups in total. The molecule has 0 aliphatic carbocycles. The normalized spacial score (nSPS) is 10.0. The molecular formula is C14H14N2O3. The molecule has 19 heavy (non-hydrogen) atoms. The Morgan fingerprint density at radius 2 is 2.00 bits per heavy atom. The van der Waals surface area contributed by atoms with E-state index >= 15 is 0 Å². The van der Waals surface area contributed by atoms with Gasteiger partial charge in [0, 0.05) is 25.3 Å². The number of rotatable bonds is 3. The molecule has 0 unspecified atom stereocenters. The largest absolute Gasteiger partial charge is 0.459 e. The molecule has 5 heteroatoms. The maximum atomic E-state index is 11.8. The highest BCUT2D eigenvalue weighted by molar-refractivity contribution is 6.02. The van der Waals surface area contributed by atoms with Crippen molar-refractivity contribution in [2.24, 2.45) is 0 Å². The molecule has 0 aliphatic rings. The van der Waals surface area contributed by atoms with Crippen LogP contribution in [0.15, 0.2) is 47.1 Å². The Balaban J connectivity index is 2.15. The number of amides is 2. The monoisotopic (exact) mass is 258 g/mol. The first-order valence-corrected chi connectivity index (χ1v) is 5.77. The quantitative estimate of drug-likeness (QED) is 0.920. The maximum absolute atomic E-state index is 11.8. The highest BCUT2D eigenvalue weighted by atomic mass is 16.3. The molecule has 2 amide bonds. The van der Waals surface area contributed by atoms with Crippen molar-refractivity contribution in [2.45, 2.75) is 6.92 Å². The van der Waals surface area contributed by atoms with E-state index in [1.165, 1.54) is 18.1 Å². The summed E-state index contributed by atoms with van der Waals surface area (Å²) in [5, 5.41) is 2.71. The summed E-state index contributed by atoms with van der Waals surface area (Å²) in [4.78, 5) is 24.6. The minimum absolute atomic E-state index is 0.0745. The van der Waals surface area contributed by atoms with Crippen LogP contribution in [0, 0.1) is 0 Å². The number of benzene rings is 1. The van der Waals surface area contributed by atoms with Crippen molar-refractivity contribution < 1.29 is 14.0 Å². The molecule has 0 aliphatic heterocycles. The van der Waals surface area contributed by atoms with E-state index in [2.05, 4.69) is 5.32 Å². The molecule has 5 nitrogen and oxygen atoms in total. The van der Waals surface area contributed by atoms with Crippen LogP contribution in [0.2, 0.25) is 0 Å². The number of carbonyl (C=O) groups excluding carboxylic acids is 2. The predicted octanol–water partition coefficient (Wildman–Crippen LogP) is 2.51. The summed E-state index contributed by atoms with van der Waals surface area (Å²) >= 11 is 0. The van der Waals surface area contributed by atoms with Crippen LogP contribution in [-0.2, 0) is 4.79 Å². The molecule has 0 saturated carbocycles. The lowest BCUT2D eigenvalue weighted by atomic mass is 10.2. The van der Waals surface area contributed by atoms with Crippen molar-refractivity contribution >= 4 is 23.2 Å². The van der Waals surface area contributed by atoms with Gasteiger partial charge in [-0.15, -0.1) is 0 Å². The molecule has 0 spiro atoms. The second-order valence-corrected chi connectivity index (χ2v) is 4.06. The van der Waals surface area contributed by atoms with Crippen molar-refractivity contribution in [3.8, 4) is 0 Å². The Kier molecular flexibility index (Phi) is 3.66. The van der Waals surface area contributed by atoms with Gasteiger partial charge in [-0.25, -0.2) is 0 Å². The summed E-state index contributed by atoms with van der Waals surface area (Å²) in [7, 11) is 1.68. The Labute approximate surface area is 110 Å². The predicted molar refractivity (Wildman–Crippen MR) is 72.2 cm³/mol. The first-order valence-electron chi connectivity index (χ1n) is 5.77. The minimum atomic E-state index is -0.326. The Morgan fingerprint density at radius 3 is 2.63 bits per heavy atom. The van der Waals surface area contributed by atoms with Gasteiger partial charge in [0.2, 0.25) is 5.91 Å². The Bertz CT molecular complexity index is 590. The maximum Gasteiger partial charge on any atom is 0.291 e. The van der Waals surface area contributed by atoms with E-state index in [9.17, 15) is 9.59 Å². The zero-order valence-electron chi connectivity index (χ0n) is 10.7. The molecule has 2 rings (SSSR count). The summed E-state index contributed by atoms with van der Waals surface area (Å²) in [5.41, 5.74) is 1.32. The summed E-state index contributed by atoms with van der Waals surface area (Å²) in [6.07, 6.45) is 1.44. The SMILES string of the molecule is CC(=O)N(C)c1cccc(NC(=O)c2ccco2)c1. The van der Waals surface area contributed by atoms with Crippen molar-refractivity contribution in [2.75, 3.05) is 17.3 Å². The number of carbonyl (C=O) groups is 2. The van der Waals surface area contributed by atoms with Crippen molar-refractivity contribution in [3.05, 3.63) is 48.4 Å². The molecule has 98 valence electrons. The highest BCUT2D eigenvalue weighted by Gasteiger charge is 2.10. The lowest BCUT2D eigenvalue weighted by Gasteiger charge is -2.15. The second kappa shape index (κ2) is 5.39. The van der Waals surface area contributed by atoms with Crippen LogP contribution >= 0.6 is 0 Å². The van der Waals surface area contributed by atoms with Crippen LogP contribution in [-0.4, -0.2) is 18.9 Å². The third-order valence-electron chi connectivity index (χ3n) is 2.71. The molecule has 0 bridgehead atoms. The molecule has 2 aromatic rings. The van der Waals surface area contributed by atoms with E-state index in [1.54, 1.807) is 43.4 Å². The number of furan rings is 1. The number of hydrogen-bond donors (Lipinski definition) is 1. The van der Waals surface area contributed by atoms with Crippen LogP contribution < -0.4 is 10.2 Å². The molecule has 0 atom stereocenters. The first-order chi connectivity index (χ1) is 9.08. The van der Waals surface area contributed by atoms with E-state index < -0.39 is 0 Å². The van der Waals surface area contributed by atoms with Gasteiger partial charge < -0.3 is 14.6 Å². The fourth-order valence-corrected chi connectivity index (χ4v) is 1.57. The van der Waals surface area contributed by atoms with Gasteiger partial charge in [-0.3, -0.25) is 9.59 Å². The Hall–Kier alpha value is -2.56. The van der Waals surface area contributed by atoms with Gasteiger partial charge in [-0.2, -0.15) is 0 Å². The minimum Gasteiger partial charge on any atom is -0.459 e. The zero-order valence-corrected chi connectivity index (χ0v) is 10.7. The van der Waals surface area contributed by atoms with E-state index in [0.29, 0.717) is 11.4 Å². The summed E-state index contributed by atoms with van der Waals surface area (Å²) in [5.74, 6) is -0.160. The van der Waals surface area contributed by atoms with E-state index in [1.807, 2.05) is 0 Å². The average molecular weight is 258 g/mol. The molecule has 1 heterocycles. The van der Waals surface area contributed by atoms with Crippen molar-refractivity contribution in [3.63, 3.8) is 0 Å². The Morgan fingerprint density at radius 1 is 1.21 bits per heavy atom. The summed E-state index contributed by atoms with van der Waals surface area (Å²) < 4.78 is 5.01. The average Bonchev–Trinajstić information content (AvgIpc) is 2.92. The van der Waals surface area contributed by atoms with Crippen LogP contribution in [0.5, 0.6) is 0 Å². The second-order valence-electron chi connectivity index (χ2n) is 4.06. The molecule has 0 radical (unpaired) electrons. The van der Waals surface area contributed by atoms with Crippen LogP contribution in [0.4, 0.5) is 11.4 Å². The van der Waals surface area contributed by atoms with Crippen LogP contribution in [0.1, 0.15) is 17.5 Å². The van der Waals surface area contributed by atoms with Gasteiger partial charge >= 0.3 is 0 Å². The van der Waals surface area contributed by atoms with Gasteiger partial charge in [0.05, 0.1) is 6.26 Å². The highest BCUT2D eigenvalue weighted by Crippen LogP contribution is 2.19. The topological polar surface area (TPSA) is 62.6 Å². The van der Waals surface area contributed by atoms with Gasteiger partial charge in [0.1, 0.15) is 0 Å². The summed E-state index contributed by atoms with van der Waals surface area (Å²) in [6, 6.07) is 10.3. The molecule has 0 fully saturated rings. The third-order valence-corrected chi connectivity index (χ3v) is 2.71. The molecule has 1 aromatic carbocycles. The van der Waals surface area contributed by atoms with E-state index in [-0.39, 0.29) is 17.6 Å². The molecule has 1 aromatic heterocycles. The first kappa shape index (κ1) is 12.9. The van der Waals surface area contributed by atoms with Gasteiger partial charge in [0.25, 0.3) is 5.91 Å². The van der Waals surface area contributed by atoms with Gasteiger partial charge in [-0.1, -0.05) is 6.07 Å². The van der Waals surface area contributed by atoms with Crippen molar-refractivity contribution in [1.82, 2.24) is 0 Å². The van der Waals surface area contributed by atoms with Crippen LogP contribution in [0.3, 0.4) is 0 Å². The summed E-state index contributed by atoms with van der Waals surface area (Å²) in [6.45, 7) is 1.48. The van der Waals surface area contributed by atoms with Gasteiger partial charge in [0.15, 0.2) is 5.76 Å². The standard InChI is InChI=1S/C14H14N2O3/c1-10(17)16(2)12-6-3-5-11(9-12)15-14(18)13-7-4-8-19-13/h3-9H,1-2H3,(H,15,18). The van der Waals surface area contributed by atoms with E-state index in [4.69, 9.17) is 4.42 Å². The molecule has 0 saturated heterocycles. The van der Waals surface area contributed by atoms with E-state index in [0.717, 1.165) is 0 Å². The number of hydrogen-bond acceptors (Lipinski definition) is 3. The third kappa shape index (κ3) is 3.01. The van der Waals surface area contributed by atoms with Crippen molar-refractivity contribution in [1.29, 1.82) is 0 Å². The van der Waals surface area contributed by atoms with Crippen LogP contribution in [0.25, 0.3) is 0 Å². The number of anilines is 2. The zero-order chi connectivity index (χ0) is 13.8. The smallest absolute Gasteiger partial charge is 0.291 e. The fourth-order valence-electron chi connectivity index (χ4n) is 1.57. The number of nitrogens with one attached hydrogen (secondary N) is 1. The van der Waals surface area contributed by atoms with Gasteiger partial charge in [-0.05, 0) is 30.3 Å². The lowest BCUT2D eigenvalue weighted by Crippen LogP contribution is -2.22. The lowest BCUT2D eigenvalue weighted by molar-refractivity contribution is -0.116. The molecular weight excluding hydrogens is 244 g/mol.